The lowest BCUT2D eigenvalue weighted by molar-refractivity contribution is 0.0612. The van der Waals surface area contributed by atoms with Gasteiger partial charge in [-0.3, -0.25) is 4.68 Å². The molecule has 0 spiro atoms. The summed E-state index contributed by atoms with van der Waals surface area (Å²) in [5.74, 6) is 0. The summed E-state index contributed by atoms with van der Waals surface area (Å²) in [7, 11) is 0. The summed E-state index contributed by atoms with van der Waals surface area (Å²) in [5, 5.41) is 22.3. The molecule has 1 atom stereocenters. The molecule has 1 saturated heterocycles. The first-order chi connectivity index (χ1) is 9.77. The van der Waals surface area contributed by atoms with Gasteiger partial charge in [0.25, 0.3) is 0 Å². The summed E-state index contributed by atoms with van der Waals surface area (Å²) in [6, 6.07) is 8.26. The largest absolute Gasteiger partial charge is 0.387 e. The molecule has 1 aromatic heterocycles. The van der Waals surface area contributed by atoms with Crippen molar-refractivity contribution < 1.29 is 5.11 Å². The van der Waals surface area contributed by atoms with Crippen LogP contribution in [0.5, 0.6) is 0 Å². The number of aliphatic hydroxyl groups is 1. The van der Waals surface area contributed by atoms with Crippen molar-refractivity contribution in [3.05, 3.63) is 30.5 Å². The normalized spacial score (nSPS) is 22.6. The second kappa shape index (κ2) is 5.91. The lowest BCUT2D eigenvalue weighted by Crippen LogP contribution is -2.42. The molecule has 1 aliphatic rings. The molecule has 0 radical (unpaired) electrons. The van der Waals surface area contributed by atoms with E-state index in [-0.39, 0.29) is 0 Å². The molecule has 5 heteroatoms. The summed E-state index contributed by atoms with van der Waals surface area (Å²) in [5.41, 5.74) is 0.629. The maximum Gasteiger partial charge on any atom is 0.0907 e. The fourth-order valence-corrected chi connectivity index (χ4v) is 2.76. The number of hydrogen-bond acceptors (Lipinski definition) is 4. The van der Waals surface area contributed by atoms with Gasteiger partial charge < -0.3 is 15.7 Å². The highest BCUT2D eigenvalue weighted by molar-refractivity contribution is 5.78. The first kappa shape index (κ1) is 13.5. The number of nitrogens with one attached hydrogen (secondary N) is 2. The van der Waals surface area contributed by atoms with Gasteiger partial charge in [0.1, 0.15) is 0 Å². The van der Waals surface area contributed by atoms with E-state index >= 15 is 0 Å². The molecule has 0 bridgehead atoms. The van der Waals surface area contributed by atoms with Gasteiger partial charge in [0.15, 0.2) is 0 Å². The number of rotatable bonds is 6. The van der Waals surface area contributed by atoms with Crippen molar-refractivity contribution in [1.82, 2.24) is 20.4 Å². The van der Waals surface area contributed by atoms with Crippen LogP contribution in [0.15, 0.2) is 30.5 Å². The number of nitrogens with zero attached hydrogens (tertiary/aromatic N) is 2. The van der Waals surface area contributed by atoms with Crippen molar-refractivity contribution in [2.24, 2.45) is 0 Å². The molecule has 1 aliphatic heterocycles. The van der Waals surface area contributed by atoms with Gasteiger partial charge in [-0.05, 0) is 32.0 Å². The van der Waals surface area contributed by atoms with Crippen molar-refractivity contribution >= 4 is 10.9 Å². The molecular weight excluding hydrogens is 252 g/mol. The predicted octanol–water partition coefficient (Wildman–Crippen LogP) is 0.740. The van der Waals surface area contributed by atoms with Crippen LogP contribution in [-0.4, -0.2) is 46.7 Å². The van der Waals surface area contributed by atoms with Gasteiger partial charge in [0, 0.05) is 25.0 Å². The fourth-order valence-electron chi connectivity index (χ4n) is 2.76. The summed E-state index contributed by atoms with van der Waals surface area (Å²) in [6.45, 7) is 4.08. The summed E-state index contributed by atoms with van der Waals surface area (Å²) >= 11 is 0. The van der Waals surface area contributed by atoms with Gasteiger partial charge in [-0.1, -0.05) is 18.2 Å². The molecule has 20 heavy (non-hydrogen) atoms. The van der Waals surface area contributed by atoms with Crippen LogP contribution in [0, 0.1) is 0 Å². The van der Waals surface area contributed by atoms with Gasteiger partial charge in [-0.15, -0.1) is 0 Å². The number of hydrogen-bond donors (Lipinski definition) is 3. The summed E-state index contributed by atoms with van der Waals surface area (Å²) in [4.78, 5) is 0. The monoisotopic (exact) mass is 274 g/mol. The maximum atomic E-state index is 10.2. The number of aryl methyl sites for hydroxylation is 1. The van der Waals surface area contributed by atoms with E-state index in [2.05, 4.69) is 27.9 Å². The van der Waals surface area contributed by atoms with E-state index in [0.29, 0.717) is 13.1 Å². The first-order valence-corrected chi connectivity index (χ1v) is 7.31. The van der Waals surface area contributed by atoms with Gasteiger partial charge in [-0.2, -0.15) is 5.10 Å². The molecule has 108 valence electrons. The number of para-hydroxylation sites is 1. The van der Waals surface area contributed by atoms with Gasteiger partial charge in [-0.25, -0.2) is 0 Å². The molecule has 3 N–H and O–H groups in total. The Balaban J connectivity index is 1.44. The minimum absolute atomic E-state index is 0.557. The fraction of sp³-hybridized carbons (Fsp3) is 0.533. The van der Waals surface area contributed by atoms with Crippen LogP contribution in [0.4, 0.5) is 0 Å². The van der Waals surface area contributed by atoms with E-state index in [1.807, 2.05) is 23.0 Å². The molecule has 2 aromatic rings. The Labute approximate surface area is 119 Å². The van der Waals surface area contributed by atoms with Gasteiger partial charge in [0.05, 0.1) is 17.3 Å². The van der Waals surface area contributed by atoms with Crippen LogP contribution in [-0.2, 0) is 6.54 Å². The first-order valence-electron chi connectivity index (χ1n) is 7.31. The third-order valence-electron chi connectivity index (χ3n) is 3.95. The molecule has 3 rings (SSSR count). The van der Waals surface area contributed by atoms with E-state index < -0.39 is 5.60 Å². The quantitative estimate of drug-likeness (QED) is 0.680. The molecule has 5 nitrogen and oxygen atoms in total. The second-order valence-corrected chi connectivity index (χ2v) is 5.61. The Morgan fingerprint density at radius 3 is 3.15 bits per heavy atom. The standard InChI is InChI=1S/C15H22N4O/c20-15(6-8-17-12-15)11-16-7-3-9-19-14-5-2-1-4-13(14)10-18-19/h1-2,4-5,10,16-17,20H,3,6-9,11-12H2/t15-/m0/s1. The van der Waals surface area contributed by atoms with Crippen molar-refractivity contribution in [1.29, 1.82) is 0 Å². The van der Waals surface area contributed by atoms with Crippen LogP contribution < -0.4 is 10.6 Å². The Morgan fingerprint density at radius 1 is 1.40 bits per heavy atom. The molecular formula is C15H22N4O. The third kappa shape index (κ3) is 3.00. The Morgan fingerprint density at radius 2 is 2.30 bits per heavy atom. The highest BCUT2D eigenvalue weighted by Crippen LogP contribution is 2.13. The lowest BCUT2D eigenvalue weighted by atomic mass is 10.0. The van der Waals surface area contributed by atoms with E-state index in [4.69, 9.17) is 0 Å². The molecule has 1 aromatic carbocycles. The van der Waals surface area contributed by atoms with Crippen molar-refractivity contribution in [2.75, 3.05) is 26.2 Å². The maximum absolute atomic E-state index is 10.2. The van der Waals surface area contributed by atoms with E-state index in [0.717, 1.165) is 32.5 Å². The summed E-state index contributed by atoms with van der Waals surface area (Å²) < 4.78 is 2.04. The summed E-state index contributed by atoms with van der Waals surface area (Å²) in [6.07, 6.45) is 3.76. The Hall–Kier alpha value is -1.43. The average Bonchev–Trinajstić information content (AvgIpc) is 3.06. The van der Waals surface area contributed by atoms with Crippen LogP contribution in [0.2, 0.25) is 0 Å². The van der Waals surface area contributed by atoms with Crippen LogP contribution in [0.25, 0.3) is 10.9 Å². The minimum atomic E-state index is -0.557. The zero-order valence-electron chi connectivity index (χ0n) is 11.7. The Bertz CT molecular complexity index is 560. The number of fused-ring (bicyclic) bond motifs is 1. The predicted molar refractivity (Wildman–Crippen MR) is 79.7 cm³/mol. The van der Waals surface area contributed by atoms with E-state index in [1.54, 1.807) is 0 Å². The van der Waals surface area contributed by atoms with Gasteiger partial charge in [0.2, 0.25) is 0 Å². The molecule has 0 aliphatic carbocycles. The third-order valence-corrected chi connectivity index (χ3v) is 3.95. The van der Waals surface area contributed by atoms with Crippen molar-refractivity contribution in [3.8, 4) is 0 Å². The molecule has 0 unspecified atom stereocenters. The highest BCUT2D eigenvalue weighted by Gasteiger charge is 2.29. The highest BCUT2D eigenvalue weighted by atomic mass is 16.3. The number of β-amino-alcohol motifs (C(OH)–C–C–N with tert-alkyl or cyclic N) is 1. The number of aromatic nitrogens is 2. The van der Waals surface area contributed by atoms with Gasteiger partial charge >= 0.3 is 0 Å². The molecule has 0 saturated carbocycles. The zero-order valence-corrected chi connectivity index (χ0v) is 11.7. The topological polar surface area (TPSA) is 62.1 Å². The average molecular weight is 274 g/mol. The Kier molecular flexibility index (Phi) is 4.00. The lowest BCUT2D eigenvalue weighted by Gasteiger charge is -2.21. The van der Waals surface area contributed by atoms with Crippen molar-refractivity contribution in [2.45, 2.75) is 25.0 Å². The van der Waals surface area contributed by atoms with Crippen molar-refractivity contribution in [3.63, 3.8) is 0 Å². The van der Waals surface area contributed by atoms with Crippen LogP contribution in [0.1, 0.15) is 12.8 Å². The minimum Gasteiger partial charge on any atom is -0.387 e. The SMILES string of the molecule is O[C@]1(CNCCCn2ncc3ccccc32)CCNC1. The second-order valence-electron chi connectivity index (χ2n) is 5.61. The van der Waals surface area contributed by atoms with E-state index in [9.17, 15) is 5.11 Å². The zero-order chi connectivity index (χ0) is 13.8. The molecule has 1 fully saturated rings. The number of benzene rings is 1. The molecule has 2 heterocycles. The van der Waals surface area contributed by atoms with Crippen LogP contribution in [0.3, 0.4) is 0 Å². The van der Waals surface area contributed by atoms with E-state index in [1.165, 1.54) is 10.9 Å². The smallest absolute Gasteiger partial charge is 0.0907 e. The van der Waals surface area contributed by atoms with Crippen LogP contribution >= 0.6 is 0 Å². The molecule has 0 amide bonds.